The van der Waals surface area contributed by atoms with E-state index in [0.29, 0.717) is 23.6 Å². The van der Waals surface area contributed by atoms with Gasteiger partial charge >= 0.3 is 0 Å². The fourth-order valence-electron chi connectivity index (χ4n) is 2.08. The quantitative estimate of drug-likeness (QED) is 0.635. The van der Waals surface area contributed by atoms with Crippen LogP contribution in [-0.2, 0) is 6.42 Å². The molecule has 0 bridgehead atoms. The molecule has 0 unspecified atom stereocenters. The zero-order valence-electron chi connectivity index (χ0n) is 9.87. The number of benzene rings is 1. The number of imide groups is 1. The Bertz CT molecular complexity index is 651. The first-order valence-electron chi connectivity index (χ1n) is 5.68. The van der Waals surface area contributed by atoms with Gasteiger partial charge in [0.1, 0.15) is 0 Å². The standard InChI is InChI=1S/C12H10N4O3/c13-8-3-1-2-7-10(8)12(18)16(11(7)17)5-4-9-14-6-15-19-9/h1-3,6H,4-5,13H2. The van der Waals surface area contributed by atoms with E-state index in [1.807, 2.05) is 0 Å². The lowest BCUT2D eigenvalue weighted by molar-refractivity contribution is 0.0653. The lowest BCUT2D eigenvalue weighted by atomic mass is 10.1. The van der Waals surface area contributed by atoms with Gasteiger partial charge in [0.05, 0.1) is 11.1 Å². The SMILES string of the molecule is Nc1cccc2c1C(=O)N(CCc1ncno1)C2=O. The van der Waals surface area contributed by atoms with Crippen molar-refractivity contribution in [2.75, 3.05) is 12.3 Å². The molecule has 2 aromatic rings. The Hall–Kier alpha value is -2.70. The molecule has 0 aliphatic carbocycles. The minimum Gasteiger partial charge on any atom is -0.398 e. The average Bonchev–Trinajstić information content (AvgIpc) is 2.98. The molecule has 2 amide bonds. The fraction of sp³-hybridized carbons (Fsp3) is 0.167. The van der Waals surface area contributed by atoms with Gasteiger partial charge in [-0.15, -0.1) is 0 Å². The van der Waals surface area contributed by atoms with Crippen molar-refractivity contribution in [3.8, 4) is 0 Å². The third-order valence-corrected chi connectivity index (χ3v) is 2.99. The van der Waals surface area contributed by atoms with Crippen molar-refractivity contribution < 1.29 is 14.1 Å². The van der Waals surface area contributed by atoms with Crippen molar-refractivity contribution >= 4 is 17.5 Å². The van der Waals surface area contributed by atoms with Crippen molar-refractivity contribution in [3.05, 3.63) is 41.5 Å². The summed E-state index contributed by atoms with van der Waals surface area (Å²) in [4.78, 5) is 29.2. The molecule has 0 fully saturated rings. The van der Waals surface area contributed by atoms with Crippen molar-refractivity contribution in [2.24, 2.45) is 0 Å². The molecular weight excluding hydrogens is 248 g/mol. The van der Waals surface area contributed by atoms with Gasteiger partial charge in [-0.25, -0.2) is 0 Å². The number of carbonyl (C=O) groups excluding carboxylic acids is 2. The molecule has 3 rings (SSSR count). The maximum atomic E-state index is 12.1. The highest BCUT2D eigenvalue weighted by Crippen LogP contribution is 2.27. The molecule has 0 saturated carbocycles. The van der Waals surface area contributed by atoms with Crippen LogP contribution in [0.5, 0.6) is 0 Å². The Balaban J connectivity index is 1.84. The van der Waals surface area contributed by atoms with Gasteiger partial charge < -0.3 is 10.3 Å². The predicted molar refractivity (Wildman–Crippen MR) is 64.2 cm³/mol. The third-order valence-electron chi connectivity index (χ3n) is 2.99. The van der Waals surface area contributed by atoms with E-state index in [1.165, 1.54) is 6.33 Å². The van der Waals surface area contributed by atoms with Crippen LogP contribution in [0, 0.1) is 0 Å². The van der Waals surface area contributed by atoms with Gasteiger partial charge in [0.25, 0.3) is 11.8 Å². The molecule has 0 radical (unpaired) electrons. The number of nitrogens with zero attached hydrogens (tertiary/aromatic N) is 3. The fourth-order valence-corrected chi connectivity index (χ4v) is 2.08. The van der Waals surface area contributed by atoms with Crippen LogP contribution in [0.3, 0.4) is 0 Å². The maximum absolute atomic E-state index is 12.1. The zero-order chi connectivity index (χ0) is 13.4. The highest BCUT2D eigenvalue weighted by Gasteiger charge is 2.36. The molecule has 0 atom stereocenters. The Morgan fingerprint density at radius 2 is 2.11 bits per heavy atom. The molecule has 0 saturated heterocycles. The number of hydrogen-bond donors (Lipinski definition) is 1. The number of nitrogens with two attached hydrogens (primary N) is 1. The van der Waals surface area contributed by atoms with Gasteiger partial charge in [0.2, 0.25) is 5.89 Å². The molecular formula is C12H10N4O3. The van der Waals surface area contributed by atoms with Crippen molar-refractivity contribution in [1.82, 2.24) is 15.0 Å². The molecule has 1 aliphatic heterocycles. The summed E-state index contributed by atoms with van der Waals surface area (Å²) in [5, 5.41) is 3.46. The van der Waals surface area contributed by atoms with Crippen LogP contribution >= 0.6 is 0 Å². The van der Waals surface area contributed by atoms with E-state index in [-0.39, 0.29) is 23.9 Å². The number of carbonyl (C=O) groups is 2. The van der Waals surface area contributed by atoms with Crippen LogP contribution in [0.2, 0.25) is 0 Å². The largest absolute Gasteiger partial charge is 0.398 e. The van der Waals surface area contributed by atoms with E-state index in [1.54, 1.807) is 18.2 Å². The minimum absolute atomic E-state index is 0.188. The molecule has 7 nitrogen and oxygen atoms in total. The van der Waals surface area contributed by atoms with Gasteiger partial charge in [-0.1, -0.05) is 11.2 Å². The molecule has 2 heterocycles. The lowest BCUT2D eigenvalue weighted by Gasteiger charge is -2.11. The van der Waals surface area contributed by atoms with Crippen LogP contribution < -0.4 is 5.73 Å². The number of anilines is 1. The van der Waals surface area contributed by atoms with Gasteiger partial charge in [-0.05, 0) is 12.1 Å². The predicted octanol–water partition coefficient (Wildman–Crippen LogP) is 0.491. The van der Waals surface area contributed by atoms with Crippen molar-refractivity contribution in [2.45, 2.75) is 6.42 Å². The molecule has 1 aromatic heterocycles. The van der Waals surface area contributed by atoms with Crippen molar-refractivity contribution in [3.63, 3.8) is 0 Å². The summed E-state index contributed by atoms with van der Waals surface area (Å²) in [5.41, 5.74) is 6.67. The summed E-state index contributed by atoms with van der Waals surface area (Å²) in [6.07, 6.45) is 1.60. The first-order chi connectivity index (χ1) is 9.18. The van der Waals surface area contributed by atoms with E-state index in [9.17, 15) is 9.59 Å². The Labute approximate surface area is 108 Å². The first kappa shape index (κ1) is 11.4. The molecule has 1 aromatic carbocycles. The summed E-state index contributed by atoms with van der Waals surface area (Å²) in [6, 6.07) is 4.85. The summed E-state index contributed by atoms with van der Waals surface area (Å²) >= 11 is 0. The van der Waals surface area contributed by atoms with E-state index >= 15 is 0 Å². The Morgan fingerprint density at radius 1 is 1.26 bits per heavy atom. The monoisotopic (exact) mass is 258 g/mol. The summed E-state index contributed by atoms with van der Waals surface area (Å²) in [5.74, 6) is -0.339. The van der Waals surface area contributed by atoms with Gasteiger partial charge in [0.15, 0.2) is 6.33 Å². The number of rotatable bonds is 3. The third kappa shape index (κ3) is 1.75. The number of fused-ring (bicyclic) bond motifs is 1. The first-order valence-corrected chi connectivity index (χ1v) is 5.68. The van der Waals surface area contributed by atoms with Crippen LogP contribution in [-0.4, -0.2) is 33.4 Å². The summed E-state index contributed by atoms with van der Waals surface area (Å²) in [6.45, 7) is 0.188. The lowest BCUT2D eigenvalue weighted by Crippen LogP contribution is -2.31. The van der Waals surface area contributed by atoms with Gasteiger partial charge in [-0.2, -0.15) is 4.98 Å². The minimum atomic E-state index is -0.377. The van der Waals surface area contributed by atoms with E-state index in [4.69, 9.17) is 10.3 Å². The second-order valence-corrected chi connectivity index (χ2v) is 4.12. The highest BCUT2D eigenvalue weighted by atomic mass is 16.5. The van der Waals surface area contributed by atoms with E-state index in [0.717, 1.165) is 4.90 Å². The highest BCUT2D eigenvalue weighted by molar-refractivity contribution is 6.23. The number of aromatic nitrogens is 2. The summed E-state index contributed by atoms with van der Waals surface area (Å²) in [7, 11) is 0. The second kappa shape index (κ2) is 4.20. The normalized spacial score (nSPS) is 14.0. The smallest absolute Gasteiger partial charge is 0.263 e. The maximum Gasteiger partial charge on any atom is 0.263 e. The van der Waals surface area contributed by atoms with Crippen LogP contribution in [0.25, 0.3) is 0 Å². The van der Waals surface area contributed by atoms with Crippen LogP contribution in [0.15, 0.2) is 29.0 Å². The topological polar surface area (TPSA) is 102 Å². The number of amides is 2. The Morgan fingerprint density at radius 3 is 2.79 bits per heavy atom. The molecule has 0 spiro atoms. The van der Waals surface area contributed by atoms with Crippen LogP contribution in [0.1, 0.15) is 26.6 Å². The number of hydrogen-bond acceptors (Lipinski definition) is 6. The molecule has 1 aliphatic rings. The zero-order valence-corrected chi connectivity index (χ0v) is 9.87. The molecule has 96 valence electrons. The molecule has 7 heteroatoms. The van der Waals surface area contributed by atoms with E-state index < -0.39 is 0 Å². The second-order valence-electron chi connectivity index (χ2n) is 4.12. The molecule has 2 N–H and O–H groups in total. The van der Waals surface area contributed by atoms with Gasteiger partial charge in [0, 0.05) is 18.7 Å². The average molecular weight is 258 g/mol. The van der Waals surface area contributed by atoms with Crippen molar-refractivity contribution in [1.29, 1.82) is 0 Å². The van der Waals surface area contributed by atoms with Gasteiger partial charge in [-0.3, -0.25) is 14.5 Å². The molecule has 19 heavy (non-hydrogen) atoms. The summed E-state index contributed by atoms with van der Waals surface area (Å²) < 4.78 is 4.83. The van der Waals surface area contributed by atoms with E-state index in [2.05, 4.69) is 10.1 Å². The Kier molecular flexibility index (Phi) is 2.52. The number of nitrogen functional groups attached to an aromatic ring is 1. The van der Waals surface area contributed by atoms with Crippen LogP contribution in [0.4, 0.5) is 5.69 Å².